The molecular weight excluding hydrogens is 196 g/mol. The molecule has 0 amide bonds. The van der Waals surface area contributed by atoms with E-state index in [0.29, 0.717) is 0 Å². The number of methoxy groups -OCH3 is 1. The van der Waals surface area contributed by atoms with Crippen molar-refractivity contribution in [3.8, 4) is 5.88 Å². The van der Waals surface area contributed by atoms with Gasteiger partial charge in [-0.1, -0.05) is 0 Å². The van der Waals surface area contributed by atoms with Gasteiger partial charge < -0.3 is 9.84 Å². The molecule has 1 aromatic heterocycles. The molecule has 0 aromatic carbocycles. The molecule has 0 aliphatic heterocycles. The predicted molar refractivity (Wildman–Crippen MR) is 42.7 cm³/mol. The average molecular weight is 203 g/mol. The molecule has 0 radical (unpaired) electrons. The molecule has 0 atom stereocenters. The minimum atomic E-state index is -2.74. The third kappa shape index (κ3) is 1.95. The normalized spacial score (nSPS) is 10.3. The van der Waals surface area contributed by atoms with Crippen LogP contribution in [-0.4, -0.2) is 23.2 Å². The zero-order valence-electron chi connectivity index (χ0n) is 7.20. The SMILES string of the molecule is COc1nc(C(F)F)ccc1C(=O)O. The molecule has 0 aliphatic carbocycles. The Morgan fingerprint density at radius 3 is 2.64 bits per heavy atom. The van der Waals surface area contributed by atoms with Gasteiger partial charge in [0, 0.05) is 0 Å². The minimum absolute atomic E-state index is 0.239. The first-order valence-electron chi connectivity index (χ1n) is 3.62. The maximum atomic E-state index is 12.2. The smallest absolute Gasteiger partial charge is 0.341 e. The van der Waals surface area contributed by atoms with Crippen LogP contribution >= 0.6 is 0 Å². The van der Waals surface area contributed by atoms with E-state index < -0.39 is 18.1 Å². The van der Waals surface area contributed by atoms with Crippen LogP contribution in [0.15, 0.2) is 12.1 Å². The molecule has 1 rings (SSSR count). The minimum Gasteiger partial charge on any atom is -0.480 e. The molecule has 14 heavy (non-hydrogen) atoms. The molecule has 0 bridgehead atoms. The zero-order valence-corrected chi connectivity index (χ0v) is 7.20. The summed E-state index contributed by atoms with van der Waals surface area (Å²) in [7, 11) is 1.17. The summed E-state index contributed by atoms with van der Waals surface area (Å²) in [6.45, 7) is 0. The van der Waals surface area contributed by atoms with Crippen molar-refractivity contribution in [1.29, 1.82) is 0 Å². The first-order chi connectivity index (χ1) is 6.56. The van der Waals surface area contributed by atoms with E-state index in [1.54, 1.807) is 0 Å². The van der Waals surface area contributed by atoms with Gasteiger partial charge >= 0.3 is 5.97 Å². The Morgan fingerprint density at radius 2 is 2.21 bits per heavy atom. The van der Waals surface area contributed by atoms with Gasteiger partial charge in [-0.05, 0) is 12.1 Å². The number of carboxylic acid groups (broad SMARTS) is 1. The van der Waals surface area contributed by atoms with Gasteiger partial charge in [-0.25, -0.2) is 18.6 Å². The van der Waals surface area contributed by atoms with Crippen LogP contribution < -0.4 is 4.74 Å². The van der Waals surface area contributed by atoms with Gasteiger partial charge in [0.2, 0.25) is 5.88 Å². The molecular formula is C8H7F2NO3. The van der Waals surface area contributed by atoms with Gasteiger partial charge in [0.15, 0.2) is 0 Å². The fourth-order valence-corrected chi connectivity index (χ4v) is 0.895. The van der Waals surface area contributed by atoms with Crippen molar-refractivity contribution < 1.29 is 23.4 Å². The number of carbonyl (C=O) groups is 1. The van der Waals surface area contributed by atoms with Crippen LogP contribution in [0.5, 0.6) is 5.88 Å². The number of hydrogen-bond donors (Lipinski definition) is 1. The van der Waals surface area contributed by atoms with Gasteiger partial charge in [-0.2, -0.15) is 0 Å². The van der Waals surface area contributed by atoms with Crippen LogP contribution in [-0.2, 0) is 0 Å². The molecule has 1 heterocycles. The largest absolute Gasteiger partial charge is 0.480 e. The molecule has 76 valence electrons. The highest BCUT2D eigenvalue weighted by Crippen LogP contribution is 2.22. The fourth-order valence-electron chi connectivity index (χ4n) is 0.895. The van der Waals surface area contributed by atoms with E-state index in [2.05, 4.69) is 9.72 Å². The Morgan fingerprint density at radius 1 is 1.57 bits per heavy atom. The summed E-state index contributed by atoms with van der Waals surface area (Å²) in [6, 6.07) is 1.99. The first-order valence-corrected chi connectivity index (χ1v) is 3.62. The van der Waals surface area contributed by atoms with Gasteiger partial charge in [-0.3, -0.25) is 0 Å². The Labute approximate surface area is 78.1 Å². The molecule has 4 nitrogen and oxygen atoms in total. The van der Waals surface area contributed by atoms with E-state index >= 15 is 0 Å². The Bertz CT molecular complexity index is 354. The highest BCUT2D eigenvalue weighted by molar-refractivity contribution is 5.90. The van der Waals surface area contributed by atoms with Crippen molar-refractivity contribution in [2.45, 2.75) is 6.43 Å². The van der Waals surface area contributed by atoms with E-state index in [0.717, 1.165) is 12.1 Å². The van der Waals surface area contributed by atoms with Crippen LogP contribution in [0.25, 0.3) is 0 Å². The summed E-state index contributed by atoms with van der Waals surface area (Å²) < 4.78 is 28.9. The van der Waals surface area contributed by atoms with E-state index in [4.69, 9.17) is 5.11 Å². The molecule has 6 heteroatoms. The Hall–Kier alpha value is -1.72. The fraction of sp³-hybridized carbons (Fsp3) is 0.250. The van der Waals surface area contributed by atoms with Crippen molar-refractivity contribution in [2.75, 3.05) is 7.11 Å². The lowest BCUT2D eigenvalue weighted by Crippen LogP contribution is -2.04. The summed E-state index contributed by atoms with van der Waals surface area (Å²) in [5.74, 6) is -1.58. The summed E-state index contributed by atoms with van der Waals surface area (Å²) in [6.07, 6.45) is -2.74. The number of aromatic carboxylic acids is 1. The number of pyridine rings is 1. The number of halogens is 2. The topological polar surface area (TPSA) is 59.4 Å². The molecule has 1 N–H and O–H groups in total. The van der Waals surface area contributed by atoms with E-state index in [1.165, 1.54) is 7.11 Å². The third-order valence-corrected chi connectivity index (χ3v) is 1.53. The molecule has 0 spiro atoms. The van der Waals surface area contributed by atoms with Crippen molar-refractivity contribution in [3.05, 3.63) is 23.4 Å². The standard InChI is InChI=1S/C8H7F2NO3/c1-14-7-4(8(12)13)2-3-5(11-7)6(9)10/h2-3,6H,1H3,(H,12,13). The quantitative estimate of drug-likeness (QED) is 0.812. The third-order valence-electron chi connectivity index (χ3n) is 1.53. The summed E-state index contributed by atoms with van der Waals surface area (Å²) in [4.78, 5) is 13.9. The van der Waals surface area contributed by atoms with E-state index in [1.807, 2.05) is 0 Å². The van der Waals surface area contributed by atoms with Crippen LogP contribution in [0, 0.1) is 0 Å². The summed E-state index contributed by atoms with van der Waals surface area (Å²) in [5.41, 5.74) is -0.747. The Kier molecular flexibility index (Phi) is 2.95. The lowest BCUT2D eigenvalue weighted by atomic mass is 10.2. The van der Waals surface area contributed by atoms with Crippen molar-refractivity contribution in [2.24, 2.45) is 0 Å². The average Bonchev–Trinajstić information content (AvgIpc) is 2.16. The second-order valence-electron chi connectivity index (χ2n) is 2.40. The number of alkyl halides is 2. The van der Waals surface area contributed by atoms with Gasteiger partial charge in [0.25, 0.3) is 6.43 Å². The van der Waals surface area contributed by atoms with Gasteiger partial charge in [0.1, 0.15) is 11.3 Å². The molecule has 1 aromatic rings. The molecule has 0 aliphatic rings. The van der Waals surface area contributed by atoms with Crippen molar-refractivity contribution in [1.82, 2.24) is 4.98 Å². The molecule has 0 unspecified atom stereocenters. The predicted octanol–water partition coefficient (Wildman–Crippen LogP) is 1.73. The van der Waals surface area contributed by atoms with Gasteiger partial charge in [0.05, 0.1) is 7.11 Å². The highest BCUT2D eigenvalue weighted by Gasteiger charge is 2.16. The van der Waals surface area contributed by atoms with Crippen LogP contribution in [0.4, 0.5) is 8.78 Å². The summed E-state index contributed by atoms with van der Waals surface area (Å²) >= 11 is 0. The maximum absolute atomic E-state index is 12.2. The van der Waals surface area contributed by atoms with Crippen LogP contribution in [0.2, 0.25) is 0 Å². The lowest BCUT2D eigenvalue weighted by Gasteiger charge is -2.05. The summed E-state index contributed by atoms with van der Waals surface area (Å²) in [5, 5.41) is 8.62. The van der Waals surface area contributed by atoms with Gasteiger partial charge in [-0.15, -0.1) is 0 Å². The lowest BCUT2D eigenvalue weighted by molar-refractivity contribution is 0.0691. The highest BCUT2D eigenvalue weighted by atomic mass is 19.3. The number of hydrogen-bond acceptors (Lipinski definition) is 3. The molecule has 0 saturated carbocycles. The second kappa shape index (κ2) is 3.99. The van der Waals surface area contributed by atoms with Crippen LogP contribution in [0.3, 0.4) is 0 Å². The first kappa shape index (κ1) is 10.4. The second-order valence-corrected chi connectivity index (χ2v) is 2.40. The zero-order chi connectivity index (χ0) is 10.7. The number of rotatable bonds is 3. The van der Waals surface area contributed by atoms with E-state index in [9.17, 15) is 13.6 Å². The van der Waals surface area contributed by atoms with E-state index in [-0.39, 0.29) is 11.4 Å². The van der Waals surface area contributed by atoms with Crippen LogP contribution in [0.1, 0.15) is 22.5 Å². The number of aromatic nitrogens is 1. The molecule has 0 fully saturated rings. The Balaban J connectivity index is 3.18. The molecule has 0 saturated heterocycles. The van der Waals surface area contributed by atoms with Crippen molar-refractivity contribution in [3.63, 3.8) is 0 Å². The maximum Gasteiger partial charge on any atom is 0.341 e. The monoisotopic (exact) mass is 203 g/mol. The number of nitrogens with zero attached hydrogens (tertiary/aromatic N) is 1. The number of ether oxygens (including phenoxy) is 1. The number of carboxylic acids is 1. The van der Waals surface area contributed by atoms with Crippen molar-refractivity contribution >= 4 is 5.97 Å².